The van der Waals surface area contributed by atoms with Gasteiger partial charge in [-0.1, -0.05) is 26.3 Å². The van der Waals surface area contributed by atoms with Crippen LogP contribution in [0.15, 0.2) is 27.4 Å². The molecule has 0 saturated carbocycles. The number of benzene rings is 1. The fourth-order valence-corrected chi connectivity index (χ4v) is 2.37. The Morgan fingerprint density at radius 2 is 2.09 bits per heavy atom. The van der Waals surface area contributed by atoms with Gasteiger partial charge in [0, 0.05) is 0 Å². The standard InChI is InChI=1S/C17H22O6/c1-3-6-11(4-2)22-16-14(19)12-7-5-8-13(21-10-9-18)15(12)23-17(16)20/h5,7-8,11,18-19H,3-4,6,9-10H2,1-2H3. The molecule has 1 atom stereocenters. The van der Waals surface area contributed by atoms with Gasteiger partial charge in [-0.3, -0.25) is 0 Å². The second-order valence-corrected chi connectivity index (χ2v) is 5.21. The van der Waals surface area contributed by atoms with Crippen LogP contribution in [0.3, 0.4) is 0 Å². The average molecular weight is 322 g/mol. The predicted octanol–water partition coefficient (Wildman–Crippen LogP) is 2.83. The van der Waals surface area contributed by atoms with Gasteiger partial charge in [0.05, 0.1) is 18.1 Å². The van der Waals surface area contributed by atoms with Gasteiger partial charge in [0.1, 0.15) is 6.61 Å². The molecule has 0 aliphatic carbocycles. The molecule has 0 spiro atoms. The molecule has 0 aliphatic heterocycles. The number of fused-ring (bicyclic) bond motifs is 1. The third-order valence-corrected chi connectivity index (χ3v) is 3.53. The SMILES string of the molecule is CCCC(CC)Oc1c(O)c2cccc(OCCO)c2oc1=O. The minimum atomic E-state index is -0.746. The number of aliphatic hydroxyl groups is 1. The molecule has 0 bridgehead atoms. The molecule has 1 aromatic carbocycles. The van der Waals surface area contributed by atoms with E-state index in [9.17, 15) is 9.90 Å². The molecule has 0 fully saturated rings. The lowest BCUT2D eigenvalue weighted by Gasteiger charge is -2.17. The Morgan fingerprint density at radius 3 is 2.74 bits per heavy atom. The van der Waals surface area contributed by atoms with Gasteiger partial charge in [0.15, 0.2) is 17.1 Å². The Morgan fingerprint density at radius 1 is 1.30 bits per heavy atom. The normalized spacial score (nSPS) is 12.3. The number of aliphatic hydroxyl groups excluding tert-OH is 1. The summed E-state index contributed by atoms with van der Waals surface area (Å²) in [5.74, 6) is -0.131. The van der Waals surface area contributed by atoms with Gasteiger partial charge in [0.25, 0.3) is 0 Å². The van der Waals surface area contributed by atoms with Crippen molar-refractivity contribution in [3.05, 3.63) is 28.6 Å². The highest BCUT2D eigenvalue weighted by Gasteiger charge is 2.20. The second kappa shape index (κ2) is 7.87. The molecule has 6 nitrogen and oxygen atoms in total. The first-order valence-corrected chi connectivity index (χ1v) is 7.81. The average Bonchev–Trinajstić information content (AvgIpc) is 2.55. The van der Waals surface area contributed by atoms with E-state index >= 15 is 0 Å². The largest absolute Gasteiger partial charge is 0.504 e. The topological polar surface area (TPSA) is 89.1 Å². The highest BCUT2D eigenvalue weighted by atomic mass is 16.5. The second-order valence-electron chi connectivity index (χ2n) is 5.21. The van der Waals surface area contributed by atoms with Gasteiger partial charge in [-0.25, -0.2) is 4.79 Å². The van der Waals surface area contributed by atoms with Crippen molar-refractivity contribution in [2.45, 2.75) is 39.2 Å². The molecule has 2 aromatic rings. The predicted molar refractivity (Wildman–Crippen MR) is 86.3 cm³/mol. The van der Waals surface area contributed by atoms with Crippen LogP contribution in [-0.2, 0) is 0 Å². The Labute approximate surface area is 134 Å². The van der Waals surface area contributed by atoms with E-state index < -0.39 is 5.63 Å². The quantitative estimate of drug-likeness (QED) is 0.727. The molecule has 6 heteroatoms. The fraction of sp³-hybridized carbons (Fsp3) is 0.471. The molecule has 0 radical (unpaired) electrons. The molecule has 2 rings (SSSR count). The van der Waals surface area contributed by atoms with E-state index in [1.54, 1.807) is 18.2 Å². The molecule has 23 heavy (non-hydrogen) atoms. The Hall–Kier alpha value is -2.21. The number of hydrogen-bond donors (Lipinski definition) is 2. The summed E-state index contributed by atoms with van der Waals surface area (Å²) >= 11 is 0. The molecular formula is C17H22O6. The lowest BCUT2D eigenvalue weighted by molar-refractivity contribution is 0.171. The molecule has 0 aliphatic rings. The minimum Gasteiger partial charge on any atom is -0.504 e. The summed E-state index contributed by atoms with van der Waals surface area (Å²) in [5.41, 5.74) is -0.607. The van der Waals surface area contributed by atoms with Crippen LogP contribution in [0.5, 0.6) is 17.2 Å². The van der Waals surface area contributed by atoms with E-state index in [4.69, 9.17) is 19.0 Å². The summed E-state index contributed by atoms with van der Waals surface area (Å²) in [4.78, 5) is 12.2. The van der Waals surface area contributed by atoms with Gasteiger partial charge in [-0.05, 0) is 25.0 Å². The lowest BCUT2D eigenvalue weighted by atomic mass is 10.1. The number of rotatable bonds is 8. The zero-order chi connectivity index (χ0) is 16.8. The maximum atomic E-state index is 12.2. The van der Waals surface area contributed by atoms with Crippen LogP contribution in [-0.4, -0.2) is 29.5 Å². The van der Waals surface area contributed by atoms with E-state index in [-0.39, 0.29) is 42.1 Å². The Bertz CT molecular complexity index is 706. The molecule has 126 valence electrons. The summed E-state index contributed by atoms with van der Waals surface area (Å²) < 4.78 is 16.3. The third kappa shape index (κ3) is 3.76. The van der Waals surface area contributed by atoms with Gasteiger partial charge in [-0.15, -0.1) is 0 Å². The zero-order valence-electron chi connectivity index (χ0n) is 13.4. The van der Waals surface area contributed by atoms with Crippen molar-refractivity contribution in [2.75, 3.05) is 13.2 Å². The zero-order valence-corrected chi connectivity index (χ0v) is 13.4. The molecule has 0 amide bonds. The molecule has 2 N–H and O–H groups in total. The Balaban J connectivity index is 2.47. The van der Waals surface area contributed by atoms with Crippen molar-refractivity contribution >= 4 is 11.0 Å². The van der Waals surface area contributed by atoms with Crippen molar-refractivity contribution in [3.63, 3.8) is 0 Å². The van der Waals surface area contributed by atoms with E-state index in [1.165, 1.54) is 0 Å². The number of para-hydroxylation sites is 1. The van der Waals surface area contributed by atoms with Gasteiger partial charge in [-0.2, -0.15) is 0 Å². The summed E-state index contributed by atoms with van der Waals surface area (Å²) in [5, 5.41) is 19.6. The minimum absolute atomic E-state index is 0.0657. The van der Waals surface area contributed by atoms with Crippen molar-refractivity contribution in [2.24, 2.45) is 0 Å². The molecular weight excluding hydrogens is 300 g/mol. The fourth-order valence-electron chi connectivity index (χ4n) is 2.37. The summed E-state index contributed by atoms with van der Waals surface area (Å²) in [6.45, 7) is 3.89. The van der Waals surface area contributed by atoms with Crippen LogP contribution < -0.4 is 15.1 Å². The van der Waals surface area contributed by atoms with Crippen molar-refractivity contribution in [1.82, 2.24) is 0 Å². The van der Waals surface area contributed by atoms with Crippen LogP contribution in [0.4, 0.5) is 0 Å². The van der Waals surface area contributed by atoms with E-state index in [1.807, 2.05) is 13.8 Å². The maximum Gasteiger partial charge on any atom is 0.383 e. The smallest absolute Gasteiger partial charge is 0.383 e. The first-order valence-electron chi connectivity index (χ1n) is 7.81. The summed E-state index contributed by atoms with van der Waals surface area (Å²) in [6.07, 6.45) is 2.27. The van der Waals surface area contributed by atoms with Crippen molar-refractivity contribution < 1.29 is 24.1 Å². The highest BCUT2D eigenvalue weighted by Crippen LogP contribution is 2.36. The summed E-state index contributed by atoms with van der Waals surface area (Å²) in [7, 11) is 0. The molecule has 0 saturated heterocycles. The van der Waals surface area contributed by atoms with Gasteiger partial charge in [0.2, 0.25) is 5.75 Å². The molecule has 1 heterocycles. The summed E-state index contributed by atoms with van der Waals surface area (Å²) in [6, 6.07) is 4.89. The number of ether oxygens (including phenoxy) is 2. The van der Waals surface area contributed by atoms with Gasteiger partial charge < -0.3 is 24.1 Å². The Kier molecular flexibility index (Phi) is 5.87. The van der Waals surface area contributed by atoms with Gasteiger partial charge >= 0.3 is 5.63 Å². The monoisotopic (exact) mass is 322 g/mol. The highest BCUT2D eigenvalue weighted by molar-refractivity contribution is 5.89. The van der Waals surface area contributed by atoms with Crippen molar-refractivity contribution in [3.8, 4) is 17.2 Å². The van der Waals surface area contributed by atoms with E-state index in [2.05, 4.69) is 0 Å². The van der Waals surface area contributed by atoms with Crippen molar-refractivity contribution in [1.29, 1.82) is 0 Å². The van der Waals surface area contributed by atoms with Crippen LogP contribution in [0.25, 0.3) is 11.0 Å². The first-order chi connectivity index (χ1) is 11.1. The van der Waals surface area contributed by atoms with E-state index in [0.29, 0.717) is 5.39 Å². The lowest BCUT2D eigenvalue weighted by Crippen LogP contribution is -2.19. The van der Waals surface area contributed by atoms with Crippen LogP contribution in [0, 0.1) is 0 Å². The number of aromatic hydroxyl groups is 1. The maximum absolute atomic E-state index is 12.2. The van der Waals surface area contributed by atoms with Crippen LogP contribution in [0.2, 0.25) is 0 Å². The van der Waals surface area contributed by atoms with Crippen LogP contribution in [0.1, 0.15) is 33.1 Å². The van der Waals surface area contributed by atoms with E-state index in [0.717, 1.165) is 19.3 Å². The third-order valence-electron chi connectivity index (χ3n) is 3.53. The first kappa shape index (κ1) is 17.1. The number of hydrogen-bond acceptors (Lipinski definition) is 6. The molecule has 1 unspecified atom stereocenters. The van der Waals surface area contributed by atoms with Crippen LogP contribution >= 0.6 is 0 Å². The molecule has 1 aromatic heterocycles.